The van der Waals surface area contributed by atoms with Crippen LogP contribution in [0, 0.1) is 17.0 Å². The van der Waals surface area contributed by atoms with Crippen molar-refractivity contribution >= 4 is 11.7 Å². The summed E-state index contributed by atoms with van der Waals surface area (Å²) in [7, 11) is 0. The average molecular weight is 415 g/mol. The molecule has 0 spiro atoms. The molecule has 0 aliphatic heterocycles. The minimum absolute atomic E-state index is 0.0673. The summed E-state index contributed by atoms with van der Waals surface area (Å²) in [4.78, 5) is 26.3. The highest BCUT2D eigenvalue weighted by Gasteiger charge is 2.36. The van der Waals surface area contributed by atoms with Crippen molar-refractivity contribution in [1.29, 1.82) is 0 Å². The molecule has 2 saturated carbocycles. The average Bonchev–Trinajstić information content (AvgIpc) is 3.37. The van der Waals surface area contributed by atoms with Crippen molar-refractivity contribution in [1.82, 2.24) is 19.8 Å². The van der Waals surface area contributed by atoms with Gasteiger partial charge in [0.15, 0.2) is 5.69 Å². The summed E-state index contributed by atoms with van der Waals surface area (Å²) in [5.74, 6) is 0.258. The van der Waals surface area contributed by atoms with Gasteiger partial charge in [-0.25, -0.2) is 0 Å². The molecule has 0 bridgehead atoms. The first-order chi connectivity index (χ1) is 14.5. The van der Waals surface area contributed by atoms with Gasteiger partial charge in [0, 0.05) is 12.1 Å². The van der Waals surface area contributed by atoms with Gasteiger partial charge >= 0.3 is 5.82 Å². The Hall–Kier alpha value is -2.71. The van der Waals surface area contributed by atoms with Crippen LogP contribution in [0.2, 0.25) is 0 Å². The maximum absolute atomic E-state index is 13.7. The third-order valence-electron chi connectivity index (χ3n) is 6.49. The molecule has 2 fully saturated rings. The Bertz CT molecular complexity index is 875. The van der Waals surface area contributed by atoms with Gasteiger partial charge in [-0.05, 0) is 37.5 Å². The standard InChI is InChI=1S/C21H29N5O4/c1-15-18(14-24-13-12-19(22-24)26(28)29)20(23-30-15)21(27)25(16-8-4-2-5-9-16)17-10-6-3-7-11-17/h12-13,16-17H,2-11,14H2,1H3. The van der Waals surface area contributed by atoms with Gasteiger partial charge < -0.3 is 19.5 Å². The highest BCUT2D eigenvalue weighted by Crippen LogP contribution is 2.32. The van der Waals surface area contributed by atoms with Crippen LogP contribution in [0.5, 0.6) is 0 Å². The number of rotatable bonds is 6. The quantitative estimate of drug-likeness (QED) is 0.516. The normalized spacial score (nSPS) is 18.4. The molecule has 1 amide bonds. The van der Waals surface area contributed by atoms with Gasteiger partial charge in [0.05, 0.1) is 29.5 Å². The molecule has 0 atom stereocenters. The van der Waals surface area contributed by atoms with Crippen molar-refractivity contribution in [3.05, 3.63) is 39.4 Å². The number of carbonyl (C=O) groups excluding carboxylic acids is 1. The van der Waals surface area contributed by atoms with Crippen LogP contribution in [0.4, 0.5) is 5.82 Å². The molecule has 0 saturated heterocycles. The van der Waals surface area contributed by atoms with Crippen LogP contribution in [-0.4, -0.2) is 42.8 Å². The molecular weight excluding hydrogens is 386 g/mol. The second-order valence-corrected chi connectivity index (χ2v) is 8.49. The number of amides is 1. The molecule has 9 nitrogen and oxygen atoms in total. The zero-order valence-electron chi connectivity index (χ0n) is 17.5. The van der Waals surface area contributed by atoms with Gasteiger partial charge in [-0.15, -0.1) is 0 Å². The van der Waals surface area contributed by atoms with Gasteiger partial charge in [0.2, 0.25) is 0 Å². The lowest BCUT2D eigenvalue weighted by molar-refractivity contribution is -0.389. The number of hydrogen-bond donors (Lipinski definition) is 0. The fraction of sp³-hybridized carbons (Fsp3) is 0.667. The van der Waals surface area contributed by atoms with E-state index in [0.717, 1.165) is 51.4 Å². The van der Waals surface area contributed by atoms with Crippen LogP contribution in [0.15, 0.2) is 16.8 Å². The van der Waals surface area contributed by atoms with E-state index in [0.29, 0.717) is 17.0 Å². The first kappa shape index (κ1) is 20.6. The summed E-state index contributed by atoms with van der Waals surface area (Å²) in [5.41, 5.74) is 0.969. The highest BCUT2D eigenvalue weighted by atomic mass is 16.6. The smallest absolute Gasteiger partial charge is 0.361 e. The number of nitro groups is 1. The zero-order valence-corrected chi connectivity index (χ0v) is 17.5. The van der Waals surface area contributed by atoms with Crippen molar-refractivity contribution in [2.24, 2.45) is 0 Å². The van der Waals surface area contributed by atoms with Crippen molar-refractivity contribution < 1.29 is 14.2 Å². The molecule has 0 radical (unpaired) electrons. The molecular formula is C21H29N5O4. The maximum atomic E-state index is 13.7. The van der Waals surface area contributed by atoms with E-state index in [1.807, 2.05) is 0 Å². The van der Waals surface area contributed by atoms with Gasteiger partial charge in [-0.1, -0.05) is 43.7 Å². The molecule has 4 rings (SSSR count). The molecule has 0 aromatic carbocycles. The number of aryl methyl sites for hydroxylation is 1. The second-order valence-electron chi connectivity index (χ2n) is 8.49. The number of aromatic nitrogens is 3. The predicted octanol–water partition coefficient (Wildman–Crippen LogP) is 4.24. The first-order valence-corrected chi connectivity index (χ1v) is 11.0. The SMILES string of the molecule is Cc1onc(C(=O)N(C2CCCCC2)C2CCCCC2)c1Cn1ccc([N+](=O)[O-])n1. The number of nitrogens with zero attached hydrogens (tertiary/aromatic N) is 5. The zero-order chi connectivity index (χ0) is 21.1. The van der Waals surface area contributed by atoms with Gasteiger partial charge in [0.1, 0.15) is 5.76 Å². The predicted molar refractivity (Wildman–Crippen MR) is 109 cm³/mol. The third kappa shape index (κ3) is 4.24. The van der Waals surface area contributed by atoms with Crippen molar-refractivity contribution in [3.8, 4) is 0 Å². The van der Waals surface area contributed by atoms with E-state index in [1.54, 1.807) is 13.1 Å². The molecule has 2 aliphatic carbocycles. The molecule has 2 heterocycles. The molecule has 0 unspecified atom stereocenters. The first-order valence-electron chi connectivity index (χ1n) is 11.0. The maximum Gasteiger partial charge on any atom is 0.389 e. The topological polar surface area (TPSA) is 107 Å². The summed E-state index contributed by atoms with van der Waals surface area (Å²) >= 11 is 0. The van der Waals surface area contributed by atoms with Crippen LogP contribution in [-0.2, 0) is 6.54 Å². The summed E-state index contributed by atoms with van der Waals surface area (Å²) in [6.07, 6.45) is 12.8. The van der Waals surface area contributed by atoms with Crippen molar-refractivity contribution in [3.63, 3.8) is 0 Å². The van der Waals surface area contributed by atoms with E-state index in [9.17, 15) is 14.9 Å². The Balaban J connectivity index is 1.61. The Morgan fingerprint density at radius 1 is 1.17 bits per heavy atom. The lowest BCUT2D eigenvalue weighted by Gasteiger charge is -2.41. The molecule has 2 aliphatic rings. The van der Waals surface area contributed by atoms with E-state index in [2.05, 4.69) is 15.2 Å². The largest absolute Gasteiger partial charge is 0.389 e. The van der Waals surface area contributed by atoms with Gasteiger partial charge in [-0.3, -0.25) is 4.79 Å². The van der Waals surface area contributed by atoms with Crippen LogP contribution >= 0.6 is 0 Å². The summed E-state index contributed by atoms with van der Waals surface area (Å²) in [6.45, 7) is 1.98. The van der Waals surface area contributed by atoms with Gasteiger partial charge in [0.25, 0.3) is 5.91 Å². The summed E-state index contributed by atoms with van der Waals surface area (Å²) in [6, 6.07) is 1.86. The fourth-order valence-electron chi connectivity index (χ4n) is 4.91. The summed E-state index contributed by atoms with van der Waals surface area (Å²) < 4.78 is 6.85. The lowest BCUT2D eigenvalue weighted by atomic mass is 9.88. The Labute approximate surface area is 175 Å². The van der Waals surface area contributed by atoms with Crippen molar-refractivity contribution in [2.75, 3.05) is 0 Å². The number of hydrogen-bond acceptors (Lipinski definition) is 6. The molecule has 2 aromatic rings. The molecule has 30 heavy (non-hydrogen) atoms. The third-order valence-corrected chi connectivity index (χ3v) is 6.49. The van der Waals surface area contributed by atoms with Crippen LogP contribution < -0.4 is 0 Å². The fourth-order valence-corrected chi connectivity index (χ4v) is 4.91. The molecule has 0 N–H and O–H groups in total. The van der Waals surface area contributed by atoms with E-state index >= 15 is 0 Å². The van der Waals surface area contributed by atoms with Crippen molar-refractivity contribution in [2.45, 2.75) is 89.8 Å². The Morgan fingerprint density at radius 3 is 2.30 bits per heavy atom. The van der Waals surface area contributed by atoms with E-state index in [1.165, 1.54) is 23.6 Å². The Morgan fingerprint density at radius 2 is 1.77 bits per heavy atom. The Kier molecular flexibility index (Phi) is 6.15. The second kappa shape index (κ2) is 8.97. The minimum atomic E-state index is -0.531. The van der Waals surface area contributed by atoms with E-state index < -0.39 is 4.92 Å². The summed E-state index contributed by atoms with van der Waals surface area (Å²) in [5, 5.41) is 19.0. The van der Waals surface area contributed by atoms with E-state index in [4.69, 9.17) is 4.52 Å². The monoisotopic (exact) mass is 415 g/mol. The molecule has 2 aromatic heterocycles. The van der Waals surface area contributed by atoms with Gasteiger partial charge in [-0.2, -0.15) is 4.68 Å². The van der Waals surface area contributed by atoms with Crippen LogP contribution in [0.1, 0.15) is 86.0 Å². The van der Waals surface area contributed by atoms with Crippen LogP contribution in [0.25, 0.3) is 0 Å². The van der Waals surface area contributed by atoms with E-state index in [-0.39, 0.29) is 30.4 Å². The molecule has 9 heteroatoms. The highest BCUT2D eigenvalue weighted by molar-refractivity contribution is 5.94. The van der Waals surface area contributed by atoms with Crippen LogP contribution in [0.3, 0.4) is 0 Å². The molecule has 162 valence electrons. The minimum Gasteiger partial charge on any atom is -0.361 e. The lowest BCUT2D eigenvalue weighted by Crippen LogP contribution is -2.49. The number of carbonyl (C=O) groups is 1.